The van der Waals surface area contributed by atoms with Gasteiger partial charge in [-0.1, -0.05) is 49.6 Å². The summed E-state index contributed by atoms with van der Waals surface area (Å²) in [5.74, 6) is 0.423. The molecule has 0 bridgehead atoms. The molecular formula is C17H25NO3S. The molecule has 0 saturated heterocycles. The highest BCUT2D eigenvalue weighted by Crippen LogP contribution is 2.23. The van der Waals surface area contributed by atoms with Gasteiger partial charge in [0, 0.05) is 12.5 Å². The number of hydrogen-bond donors (Lipinski definition) is 1. The minimum absolute atomic E-state index is 0.0738. The maximum atomic E-state index is 12.0. The summed E-state index contributed by atoms with van der Waals surface area (Å²) in [5, 5.41) is 2.89. The van der Waals surface area contributed by atoms with Crippen molar-refractivity contribution in [1.82, 2.24) is 5.32 Å². The fraction of sp³-hybridized carbons (Fsp3) is 0.588. The molecule has 1 aliphatic carbocycles. The lowest BCUT2D eigenvalue weighted by Crippen LogP contribution is -2.33. The van der Waals surface area contributed by atoms with Crippen LogP contribution in [0.2, 0.25) is 0 Å². The molecule has 0 spiro atoms. The first-order chi connectivity index (χ1) is 10.6. The van der Waals surface area contributed by atoms with Crippen molar-refractivity contribution in [3.63, 3.8) is 0 Å². The van der Waals surface area contributed by atoms with E-state index in [1.165, 1.54) is 6.42 Å². The summed E-state index contributed by atoms with van der Waals surface area (Å²) < 4.78 is 24.1. The van der Waals surface area contributed by atoms with Crippen LogP contribution < -0.4 is 5.32 Å². The van der Waals surface area contributed by atoms with Crippen LogP contribution in [0.4, 0.5) is 0 Å². The molecule has 0 unspecified atom stereocenters. The number of amides is 1. The molecule has 0 heterocycles. The number of carbonyl (C=O) groups excluding carboxylic acids is 1. The van der Waals surface area contributed by atoms with Gasteiger partial charge in [-0.05, 0) is 24.8 Å². The van der Waals surface area contributed by atoms with E-state index in [4.69, 9.17) is 0 Å². The van der Waals surface area contributed by atoms with E-state index in [1.54, 1.807) is 0 Å². The van der Waals surface area contributed by atoms with Gasteiger partial charge in [0.2, 0.25) is 5.91 Å². The Hall–Kier alpha value is -1.36. The molecule has 5 heteroatoms. The molecule has 1 aliphatic rings. The summed E-state index contributed by atoms with van der Waals surface area (Å²) in [7, 11) is -3.11. The first kappa shape index (κ1) is 17.0. The van der Waals surface area contributed by atoms with E-state index in [0.29, 0.717) is 13.0 Å². The summed E-state index contributed by atoms with van der Waals surface area (Å²) in [6.45, 7) is 0.448. The minimum Gasteiger partial charge on any atom is -0.356 e. The Morgan fingerprint density at radius 1 is 1.09 bits per heavy atom. The maximum Gasteiger partial charge on any atom is 0.223 e. The number of carbonyl (C=O) groups is 1. The zero-order valence-corrected chi connectivity index (χ0v) is 13.8. The van der Waals surface area contributed by atoms with Crippen LogP contribution >= 0.6 is 0 Å². The monoisotopic (exact) mass is 323 g/mol. The van der Waals surface area contributed by atoms with Crippen LogP contribution in [0.1, 0.15) is 44.1 Å². The molecule has 0 aromatic heterocycles. The second kappa shape index (κ2) is 8.32. The van der Waals surface area contributed by atoms with Crippen molar-refractivity contribution in [2.24, 2.45) is 5.92 Å². The maximum absolute atomic E-state index is 12.0. The number of sulfone groups is 1. The molecule has 1 fully saturated rings. The van der Waals surface area contributed by atoms with Gasteiger partial charge < -0.3 is 5.32 Å². The van der Waals surface area contributed by atoms with Crippen molar-refractivity contribution in [1.29, 1.82) is 0 Å². The number of rotatable bonds is 7. The summed E-state index contributed by atoms with van der Waals surface area (Å²) in [5.41, 5.74) is 0.814. The average molecular weight is 323 g/mol. The number of nitrogens with one attached hydrogen (secondary N) is 1. The Bertz CT molecular complexity index is 563. The molecule has 1 amide bonds. The molecule has 22 heavy (non-hydrogen) atoms. The van der Waals surface area contributed by atoms with E-state index in [2.05, 4.69) is 5.32 Å². The van der Waals surface area contributed by atoms with Crippen LogP contribution in [0, 0.1) is 5.92 Å². The van der Waals surface area contributed by atoms with Crippen molar-refractivity contribution in [2.45, 2.75) is 44.3 Å². The van der Waals surface area contributed by atoms with Crippen molar-refractivity contribution in [3.8, 4) is 0 Å². The topological polar surface area (TPSA) is 63.2 Å². The molecule has 0 radical (unpaired) electrons. The second-order valence-corrected chi connectivity index (χ2v) is 8.24. The van der Waals surface area contributed by atoms with Crippen LogP contribution in [0.15, 0.2) is 30.3 Å². The van der Waals surface area contributed by atoms with E-state index in [9.17, 15) is 13.2 Å². The fourth-order valence-corrected chi connectivity index (χ4v) is 4.34. The van der Waals surface area contributed by atoms with E-state index in [-0.39, 0.29) is 23.3 Å². The SMILES string of the molecule is O=C(NCCCS(=O)(=O)Cc1ccccc1)C1CCCCC1. The van der Waals surface area contributed by atoms with Gasteiger partial charge in [0.1, 0.15) is 0 Å². The molecule has 0 atom stereocenters. The molecule has 4 nitrogen and oxygen atoms in total. The Labute approximate surface area is 133 Å². The largest absolute Gasteiger partial charge is 0.356 e. The van der Waals surface area contributed by atoms with Gasteiger partial charge in [0.05, 0.1) is 11.5 Å². The molecule has 2 rings (SSSR count). The Morgan fingerprint density at radius 2 is 1.77 bits per heavy atom. The molecule has 1 aromatic carbocycles. The standard InChI is InChI=1S/C17H25NO3S/c19-17(16-10-5-2-6-11-16)18-12-7-13-22(20,21)14-15-8-3-1-4-9-15/h1,3-4,8-9,16H,2,5-7,10-14H2,(H,18,19). The Kier molecular flexibility index (Phi) is 6.43. The number of benzene rings is 1. The molecule has 1 saturated carbocycles. The van der Waals surface area contributed by atoms with E-state index >= 15 is 0 Å². The quantitative estimate of drug-likeness (QED) is 0.785. The zero-order valence-electron chi connectivity index (χ0n) is 13.0. The first-order valence-electron chi connectivity index (χ1n) is 8.09. The lowest BCUT2D eigenvalue weighted by atomic mass is 9.89. The van der Waals surface area contributed by atoms with Gasteiger partial charge in [-0.25, -0.2) is 8.42 Å². The van der Waals surface area contributed by atoms with Crippen molar-refractivity contribution in [3.05, 3.63) is 35.9 Å². The summed E-state index contributed by atoms with van der Waals surface area (Å²) in [6.07, 6.45) is 5.90. The molecule has 1 aromatic rings. The summed E-state index contributed by atoms with van der Waals surface area (Å²) >= 11 is 0. The van der Waals surface area contributed by atoms with Gasteiger partial charge >= 0.3 is 0 Å². The van der Waals surface area contributed by atoms with E-state index in [0.717, 1.165) is 31.2 Å². The third-order valence-corrected chi connectivity index (χ3v) is 5.82. The lowest BCUT2D eigenvalue weighted by Gasteiger charge is -2.20. The highest BCUT2D eigenvalue weighted by Gasteiger charge is 2.20. The van der Waals surface area contributed by atoms with Crippen LogP contribution in [0.3, 0.4) is 0 Å². The molecule has 1 N–H and O–H groups in total. The Morgan fingerprint density at radius 3 is 2.45 bits per heavy atom. The van der Waals surface area contributed by atoms with Gasteiger partial charge in [0.25, 0.3) is 0 Å². The Balaban J connectivity index is 1.68. The van der Waals surface area contributed by atoms with Gasteiger partial charge in [0.15, 0.2) is 9.84 Å². The second-order valence-electron chi connectivity index (χ2n) is 6.06. The van der Waals surface area contributed by atoms with Gasteiger partial charge in [-0.2, -0.15) is 0 Å². The predicted octanol–water partition coefficient (Wildman–Crippen LogP) is 2.69. The van der Waals surface area contributed by atoms with Gasteiger partial charge in [-0.3, -0.25) is 4.79 Å². The minimum atomic E-state index is -3.11. The highest BCUT2D eigenvalue weighted by atomic mass is 32.2. The van der Waals surface area contributed by atoms with Crippen LogP contribution in [0.25, 0.3) is 0 Å². The van der Waals surface area contributed by atoms with Crippen LogP contribution in [-0.2, 0) is 20.4 Å². The van der Waals surface area contributed by atoms with Crippen molar-refractivity contribution in [2.75, 3.05) is 12.3 Å². The zero-order chi connectivity index (χ0) is 15.8. The molecule has 122 valence electrons. The van der Waals surface area contributed by atoms with E-state index < -0.39 is 9.84 Å². The van der Waals surface area contributed by atoms with Gasteiger partial charge in [-0.15, -0.1) is 0 Å². The van der Waals surface area contributed by atoms with Crippen molar-refractivity contribution >= 4 is 15.7 Å². The first-order valence-corrected chi connectivity index (χ1v) is 9.91. The third-order valence-electron chi connectivity index (χ3n) is 4.14. The fourth-order valence-electron chi connectivity index (χ4n) is 2.91. The van der Waals surface area contributed by atoms with E-state index in [1.807, 2.05) is 30.3 Å². The molecule has 0 aliphatic heterocycles. The molecular weight excluding hydrogens is 298 g/mol. The normalized spacial score (nSPS) is 16.4. The summed E-state index contributed by atoms with van der Waals surface area (Å²) in [4.78, 5) is 12.0. The van der Waals surface area contributed by atoms with Crippen LogP contribution in [-0.4, -0.2) is 26.6 Å². The predicted molar refractivity (Wildman–Crippen MR) is 88.1 cm³/mol. The average Bonchev–Trinajstić information content (AvgIpc) is 2.53. The lowest BCUT2D eigenvalue weighted by molar-refractivity contribution is -0.125. The number of hydrogen-bond acceptors (Lipinski definition) is 3. The third kappa shape index (κ3) is 5.79. The highest BCUT2D eigenvalue weighted by molar-refractivity contribution is 7.90. The summed E-state index contributed by atoms with van der Waals surface area (Å²) in [6, 6.07) is 9.20. The van der Waals surface area contributed by atoms with Crippen LogP contribution in [0.5, 0.6) is 0 Å². The van der Waals surface area contributed by atoms with Crippen molar-refractivity contribution < 1.29 is 13.2 Å². The smallest absolute Gasteiger partial charge is 0.223 e.